The van der Waals surface area contributed by atoms with Crippen LogP contribution in [0.3, 0.4) is 0 Å². The molecule has 2 atom stereocenters. The predicted molar refractivity (Wildman–Crippen MR) is 116 cm³/mol. The van der Waals surface area contributed by atoms with Crippen LogP contribution in [-0.2, 0) is 4.79 Å². The van der Waals surface area contributed by atoms with E-state index in [4.69, 9.17) is 4.42 Å². The van der Waals surface area contributed by atoms with Gasteiger partial charge in [0.2, 0.25) is 11.8 Å². The SMILES string of the molecule is CC(C)NC(=O)[C@H]1CC[C@@H](N(C)C(=O)c2ccc(-c3nc4ccccc4o3)cc2)C1. The van der Waals surface area contributed by atoms with E-state index in [1.54, 1.807) is 17.0 Å². The molecule has 0 bridgehead atoms. The number of aromatic nitrogens is 1. The Morgan fingerprint density at radius 2 is 1.83 bits per heavy atom. The van der Waals surface area contributed by atoms with Crippen LogP contribution >= 0.6 is 0 Å². The molecule has 0 aliphatic heterocycles. The fourth-order valence-electron chi connectivity index (χ4n) is 4.07. The maximum Gasteiger partial charge on any atom is 0.253 e. The van der Waals surface area contributed by atoms with Gasteiger partial charge < -0.3 is 14.6 Å². The van der Waals surface area contributed by atoms with Crippen molar-refractivity contribution in [1.82, 2.24) is 15.2 Å². The number of amides is 2. The second-order valence-corrected chi connectivity index (χ2v) is 8.31. The lowest BCUT2D eigenvalue weighted by atomic mass is 10.1. The van der Waals surface area contributed by atoms with Gasteiger partial charge in [-0.05, 0) is 69.5 Å². The molecule has 2 aromatic carbocycles. The zero-order chi connectivity index (χ0) is 21.3. The number of para-hydroxylation sites is 2. The summed E-state index contributed by atoms with van der Waals surface area (Å²) in [7, 11) is 1.82. The molecule has 2 amide bonds. The molecule has 1 saturated carbocycles. The second kappa shape index (κ2) is 8.30. The Hall–Kier alpha value is -3.15. The maximum absolute atomic E-state index is 13.0. The number of carbonyl (C=O) groups is 2. The third kappa shape index (κ3) is 4.08. The number of fused-ring (bicyclic) bond motifs is 1. The molecule has 0 unspecified atom stereocenters. The van der Waals surface area contributed by atoms with Gasteiger partial charge in [0.05, 0.1) is 0 Å². The second-order valence-electron chi connectivity index (χ2n) is 8.31. The van der Waals surface area contributed by atoms with Gasteiger partial charge in [-0.25, -0.2) is 4.98 Å². The number of nitrogens with one attached hydrogen (secondary N) is 1. The highest BCUT2D eigenvalue weighted by molar-refractivity contribution is 5.95. The molecule has 3 aromatic rings. The van der Waals surface area contributed by atoms with Crippen molar-refractivity contribution < 1.29 is 14.0 Å². The number of oxazole rings is 1. The van der Waals surface area contributed by atoms with Crippen molar-refractivity contribution in [1.29, 1.82) is 0 Å². The Labute approximate surface area is 176 Å². The summed E-state index contributed by atoms with van der Waals surface area (Å²) in [5.41, 5.74) is 3.00. The third-order valence-corrected chi connectivity index (χ3v) is 5.75. The summed E-state index contributed by atoms with van der Waals surface area (Å²) in [5.74, 6) is 0.581. The average Bonchev–Trinajstić information content (AvgIpc) is 3.39. The minimum atomic E-state index is -0.0333. The van der Waals surface area contributed by atoms with Crippen molar-refractivity contribution in [2.24, 2.45) is 5.92 Å². The van der Waals surface area contributed by atoms with E-state index in [0.29, 0.717) is 17.9 Å². The first-order valence-electron chi connectivity index (χ1n) is 10.5. The van der Waals surface area contributed by atoms with Gasteiger partial charge in [0.15, 0.2) is 5.58 Å². The molecule has 1 N–H and O–H groups in total. The van der Waals surface area contributed by atoms with E-state index in [0.717, 1.165) is 29.5 Å². The Bertz CT molecular complexity index is 1020. The van der Waals surface area contributed by atoms with E-state index in [9.17, 15) is 9.59 Å². The molecule has 1 fully saturated rings. The summed E-state index contributed by atoms with van der Waals surface area (Å²) in [6.45, 7) is 3.93. The molecule has 0 radical (unpaired) electrons. The predicted octanol–water partition coefficient (Wildman–Crippen LogP) is 4.26. The molecule has 6 nitrogen and oxygen atoms in total. The summed E-state index contributed by atoms with van der Waals surface area (Å²) in [6.07, 6.45) is 2.37. The van der Waals surface area contributed by atoms with Gasteiger partial charge in [0, 0.05) is 36.2 Å². The smallest absolute Gasteiger partial charge is 0.253 e. The standard InChI is InChI=1S/C24H27N3O3/c1-15(2)25-22(28)18-12-13-19(14-18)27(3)24(29)17-10-8-16(9-11-17)23-26-20-6-4-5-7-21(20)30-23/h4-11,15,18-19H,12-14H2,1-3H3,(H,25,28)/t18-,19+/m0/s1. The maximum atomic E-state index is 13.0. The van der Waals surface area contributed by atoms with Crippen LogP contribution in [0.1, 0.15) is 43.5 Å². The topological polar surface area (TPSA) is 75.4 Å². The Balaban J connectivity index is 1.42. The van der Waals surface area contributed by atoms with Crippen molar-refractivity contribution in [3.63, 3.8) is 0 Å². The van der Waals surface area contributed by atoms with Crippen LogP contribution in [0.4, 0.5) is 0 Å². The first-order valence-corrected chi connectivity index (χ1v) is 10.5. The van der Waals surface area contributed by atoms with E-state index < -0.39 is 0 Å². The minimum Gasteiger partial charge on any atom is -0.436 e. The largest absolute Gasteiger partial charge is 0.436 e. The lowest BCUT2D eigenvalue weighted by molar-refractivity contribution is -0.125. The van der Waals surface area contributed by atoms with E-state index in [1.165, 1.54) is 0 Å². The zero-order valence-corrected chi connectivity index (χ0v) is 17.6. The molecule has 0 spiro atoms. The molecular formula is C24H27N3O3. The summed E-state index contributed by atoms with van der Waals surface area (Å²) in [6, 6.07) is 15.2. The van der Waals surface area contributed by atoms with Gasteiger partial charge in [-0.2, -0.15) is 0 Å². The summed E-state index contributed by atoms with van der Waals surface area (Å²) < 4.78 is 5.80. The van der Waals surface area contributed by atoms with E-state index >= 15 is 0 Å². The Morgan fingerprint density at radius 3 is 2.53 bits per heavy atom. The Kier molecular flexibility index (Phi) is 5.57. The normalized spacial score (nSPS) is 18.7. The summed E-state index contributed by atoms with van der Waals surface area (Å²) in [5, 5.41) is 2.98. The highest BCUT2D eigenvalue weighted by atomic mass is 16.3. The fourth-order valence-corrected chi connectivity index (χ4v) is 4.07. The zero-order valence-electron chi connectivity index (χ0n) is 17.6. The molecule has 0 saturated heterocycles. The van der Waals surface area contributed by atoms with E-state index in [2.05, 4.69) is 10.3 Å². The number of hydrogen-bond donors (Lipinski definition) is 1. The molecule has 1 heterocycles. The number of benzene rings is 2. The van der Waals surface area contributed by atoms with Crippen LogP contribution in [-0.4, -0.2) is 40.8 Å². The van der Waals surface area contributed by atoms with Crippen molar-refractivity contribution in [3.8, 4) is 11.5 Å². The van der Waals surface area contributed by atoms with Crippen LogP contribution in [0.5, 0.6) is 0 Å². The van der Waals surface area contributed by atoms with Gasteiger partial charge in [-0.1, -0.05) is 12.1 Å². The van der Waals surface area contributed by atoms with Gasteiger partial charge in [0.25, 0.3) is 5.91 Å². The molecule has 1 aliphatic carbocycles. The molecule has 1 aromatic heterocycles. The molecule has 156 valence electrons. The first kappa shape index (κ1) is 20.1. The molecule has 4 rings (SSSR count). The third-order valence-electron chi connectivity index (χ3n) is 5.75. The Morgan fingerprint density at radius 1 is 1.10 bits per heavy atom. The molecule has 1 aliphatic rings. The number of carbonyl (C=O) groups excluding carboxylic acids is 2. The van der Waals surface area contributed by atoms with Crippen LogP contribution in [0.2, 0.25) is 0 Å². The number of nitrogens with zero attached hydrogens (tertiary/aromatic N) is 2. The summed E-state index contributed by atoms with van der Waals surface area (Å²) >= 11 is 0. The number of hydrogen-bond acceptors (Lipinski definition) is 4. The highest BCUT2D eigenvalue weighted by Crippen LogP contribution is 2.30. The van der Waals surface area contributed by atoms with Crippen LogP contribution in [0.15, 0.2) is 52.9 Å². The lowest BCUT2D eigenvalue weighted by Gasteiger charge is -2.25. The van der Waals surface area contributed by atoms with Crippen LogP contribution in [0.25, 0.3) is 22.6 Å². The van der Waals surface area contributed by atoms with E-state index in [-0.39, 0.29) is 29.8 Å². The monoisotopic (exact) mass is 405 g/mol. The van der Waals surface area contributed by atoms with Crippen LogP contribution in [0, 0.1) is 5.92 Å². The van der Waals surface area contributed by atoms with Gasteiger partial charge in [-0.15, -0.1) is 0 Å². The number of rotatable bonds is 5. The van der Waals surface area contributed by atoms with E-state index in [1.807, 2.05) is 57.3 Å². The first-order chi connectivity index (χ1) is 14.4. The minimum absolute atomic E-state index is 0.0193. The summed E-state index contributed by atoms with van der Waals surface area (Å²) in [4.78, 5) is 31.5. The lowest BCUT2D eigenvalue weighted by Crippen LogP contribution is -2.38. The van der Waals surface area contributed by atoms with Crippen molar-refractivity contribution >= 4 is 22.9 Å². The van der Waals surface area contributed by atoms with Crippen molar-refractivity contribution in [3.05, 3.63) is 54.1 Å². The van der Waals surface area contributed by atoms with Crippen LogP contribution < -0.4 is 5.32 Å². The highest BCUT2D eigenvalue weighted by Gasteiger charge is 2.34. The quantitative estimate of drug-likeness (QED) is 0.688. The van der Waals surface area contributed by atoms with Gasteiger partial charge in [-0.3, -0.25) is 9.59 Å². The van der Waals surface area contributed by atoms with Crippen molar-refractivity contribution in [2.75, 3.05) is 7.05 Å². The van der Waals surface area contributed by atoms with Gasteiger partial charge in [0.1, 0.15) is 5.52 Å². The average molecular weight is 405 g/mol. The molecular weight excluding hydrogens is 378 g/mol. The van der Waals surface area contributed by atoms with Crippen molar-refractivity contribution in [2.45, 2.75) is 45.2 Å². The molecule has 6 heteroatoms. The fraction of sp³-hybridized carbons (Fsp3) is 0.375. The molecule has 30 heavy (non-hydrogen) atoms. The van der Waals surface area contributed by atoms with Gasteiger partial charge >= 0.3 is 0 Å².